The molecule has 126 valence electrons. The molecule has 0 amide bonds. The second-order valence-electron chi connectivity index (χ2n) is 7.29. The van der Waals surface area contributed by atoms with E-state index in [1.54, 1.807) is 6.92 Å². The van der Waals surface area contributed by atoms with Crippen molar-refractivity contribution in [3.8, 4) is 0 Å². The molecule has 0 fully saturated rings. The molecule has 0 aromatic heterocycles. The molecule has 3 nitrogen and oxygen atoms in total. The van der Waals surface area contributed by atoms with E-state index in [-0.39, 0.29) is 5.78 Å². The van der Waals surface area contributed by atoms with Crippen molar-refractivity contribution in [3.05, 3.63) is 23.0 Å². The minimum Gasteiger partial charge on any atom is -0.454 e. The summed E-state index contributed by atoms with van der Waals surface area (Å²) < 4.78 is 5.44. The number of Topliss-reactive ketones (excluding diaryl/α,β-unsaturated/α-hetero) is 1. The fraction of sp³-hybridized carbons (Fsp3) is 0.737. The number of ketones is 1. The second-order valence-corrected chi connectivity index (χ2v) is 7.29. The number of allylic oxidation sites excluding steroid dienone is 2. The zero-order valence-electron chi connectivity index (χ0n) is 15.2. The van der Waals surface area contributed by atoms with Crippen LogP contribution in [0.5, 0.6) is 0 Å². The molecule has 0 radical (unpaired) electrons. The van der Waals surface area contributed by atoms with Crippen molar-refractivity contribution in [2.24, 2.45) is 17.8 Å². The first kappa shape index (κ1) is 19.0. The fourth-order valence-corrected chi connectivity index (χ4v) is 3.30. The van der Waals surface area contributed by atoms with Crippen LogP contribution in [0.1, 0.15) is 67.7 Å². The van der Waals surface area contributed by atoms with E-state index < -0.39 is 5.79 Å². The van der Waals surface area contributed by atoms with Crippen LogP contribution in [0.3, 0.4) is 0 Å². The van der Waals surface area contributed by atoms with Crippen LogP contribution in [-0.2, 0) is 9.53 Å². The molecule has 0 spiro atoms. The van der Waals surface area contributed by atoms with Crippen molar-refractivity contribution >= 4 is 5.78 Å². The quantitative estimate of drug-likeness (QED) is 0.747. The molecule has 4 atom stereocenters. The third-order valence-corrected chi connectivity index (χ3v) is 4.57. The van der Waals surface area contributed by atoms with Gasteiger partial charge in [-0.15, -0.1) is 0 Å². The zero-order valence-corrected chi connectivity index (χ0v) is 15.2. The Bertz CT molecular complexity index is 471. The van der Waals surface area contributed by atoms with Gasteiger partial charge in [0.05, 0.1) is 0 Å². The summed E-state index contributed by atoms with van der Waals surface area (Å²) in [6.07, 6.45) is 5.75. The summed E-state index contributed by atoms with van der Waals surface area (Å²) in [6, 6.07) is 0. The van der Waals surface area contributed by atoms with Crippen molar-refractivity contribution in [2.45, 2.75) is 73.5 Å². The Hall–Kier alpha value is -1.09. The molecular formula is C19H32O3. The number of ether oxygens (including phenoxy) is 1. The largest absolute Gasteiger partial charge is 0.454 e. The van der Waals surface area contributed by atoms with Crippen LogP contribution in [-0.4, -0.2) is 16.7 Å². The Morgan fingerprint density at radius 3 is 2.32 bits per heavy atom. The molecule has 0 aromatic rings. The lowest BCUT2D eigenvalue weighted by molar-refractivity contribution is -0.169. The molecule has 1 rings (SSSR count). The molecule has 0 bridgehead atoms. The Kier molecular flexibility index (Phi) is 6.42. The van der Waals surface area contributed by atoms with Gasteiger partial charge in [-0.05, 0) is 50.0 Å². The van der Waals surface area contributed by atoms with E-state index in [4.69, 9.17) is 4.74 Å². The molecule has 1 aliphatic heterocycles. The third kappa shape index (κ3) is 4.70. The molecule has 0 saturated heterocycles. The Morgan fingerprint density at radius 1 is 1.27 bits per heavy atom. The van der Waals surface area contributed by atoms with Crippen LogP contribution in [0.25, 0.3) is 0 Å². The van der Waals surface area contributed by atoms with Gasteiger partial charge >= 0.3 is 0 Å². The number of hydrogen-bond donors (Lipinski definition) is 1. The van der Waals surface area contributed by atoms with Gasteiger partial charge in [-0.2, -0.15) is 0 Å². The normalized spacial score (nSPS) is 26.9. The summed E-state index contributed by atoms with van der Waals surface area (Å²) in [6.45, 7) is 14.1. The topological polar surface area (TPSA) is 46.5 Å². The zero-order chi connectivity index (χ0) is 17.1. The van der Waals surface area contributed by atoms with Crippen LogP contribution < -0.4 is 0 Å². The summed E-state index contributed by atoms with van der Waals surface area (Å²) in [7, 11) is 0. The van der Waals surface area contributed by atoms with E-state index in [0.717, 1.165) is 17.9 Å². The van der Waals surface area contributed by atoms with Crippen molar-refractivity contribution in [2.75, 3.05) is 0 Å². The van der Waals surface area contributed by atoms with E-state index in [1.165, 1.54) is 19.8 Å². The third-order valence-electron chi connectivity index (χ3n) is 4.57. The van der Waals surface area contributed by atoms with Crippen LogP contribution in [0.4, 0.5) is 0 Å². The smallest absolute Gasteiger partial charge is 0.269 e. The maximum atomic E-state index is 11.9. The van der Waals surface area contributed by atoms with Gasteiger partial charge in [-0.25, -0.2) is 0 Å². The molecular weight excluding hydrogens is 276 g/mol. The maximum Gasteiger partial charge on any atom is 0.269 e. The molecule has 0 aromatic carbocycles. The van der Waals surface area contributed by atoms with Gasteiger partial charge in [0.1, 0.15) is 5.76 Å². The standard InChI is InChI=1S/C19H32O3/c1-8-12(2)9-13(3)10-14(4)11-15(5)17-16(6)18(20)19(7,21)22-17/h11-14,21H,8-10H2,1-7H3. The van der Waals surface area contributed by atoms with Gasteiger partial charge in [0.25, 0.3) is 5.79 Å². The first-order valence-corrected chi connectivity index (χ1v) is 8.44. The molecule has 4 unspecified atom stereocenters. The van der Waals surface area contributed by atoms with E-state index in [1.807, 2.05) is 6.92 Å². The minimum atomic E-state index is -1.71. The van der Waals surface area contributed by atoms with Gasteiger partial charge in [0.2, 0.25) is 5.78 Å². The minimum absolute atomic E-state index is 0.340. The Labute approximate surface area is 135 Å². The highest BCUT2D eigenvalue weighted by atomic mass is 16.6. The molecule has 0 aliphatic carbocycles. The lowest BCUT2D eigenvalue weighted by Crippen LogP contribution is -2.32. The Balaban J connectivity index is 2.71. The molecule has 1 heterocycles. The first-order chi connectivity index (χ1) is 10.1. The summed E-state index contributed by atoms with van der Waals surface area (Å²) in [5.74, 6) is 0.358. The molecule has 0 saturated carbocycles. The summed E-state index contributed by atoms with van der Waals surface area (Å²) in [5, 5.41) is 9.92. The van der Waals surface area contributed by atoms with Crippen molar-refractivity contribution in [1.82, 2.24) is 0 Å². The average molecular weight is 308 g/mol. The predicted octanol–water partition coefficient (Wildman–Crippen LogP) is 4.61. The fourth-order valence-electron chi connectivity index (χ4n) is 3.30. The van der Waals surface area contributed by atoms with Gasteiger partial charge in [-0.3, -0.25) is 4.79 Å². The van der Waals surface area contributed by atoms with Gasteiger partial charge in [0, 0.05) is 12.5 Å². The maximum absolute atomic E-state index is 11.9. The number of carbonyl (C=O) groups is 1. The predicted molar refractivity (Wildman–Crippen MR) is 90.2 cm³/mol. The van der Waals surface area contributed by atoms with Crippen LogP contribution >= 0.6 is 0 Å². The number of carbonyl (C=O) groups excluding carboxylic acids is 1. The van der Waals surface area contributed by atoms with Crippen molar-refractivity contribution in [3.63, 3.8) is 0 Å². The number of rotatable bonds is 7. The highest BCUT2D eigenvalue weighted by Crippen LogP contribution is 2.33. The van der Waals surface area contributed by atoms with E-state index >= 15 is 0 Å². The van der Waals surface area contributed by atoms with Gasteiger partial charge < -0.3 is 9.84 Å². The highest BCUT2D eigenvalue weighted by Gasteiger charge is 2.42. The van der Waals surface area contributed by atoms with E-state index in [0.29, 0.717) is 23.2 Å². The summed E-state index contributed by atoms with van der Waals surface area (Å²) in [4.78, 5) is 11.9. The van der Waals surface area contributed by atoms with Gasteiger partial charge in [-0.1, -0.05) is 40.2 Å². The van der Waals surface area contributed by atoms with Crippen LogP contribution in [0, 0.1) is 17.8 Å². The summed E-state index contributed by atoms with van der Waals surface area (Å²) >= 11 is 0. The second kappa shape index (κ2) is 7.45. The van der Waals surface area contributed by atoms with Crippen LogP contribution in [0.2, 0.25) is 0 Å². The molecule has 22 heavy (non-hydrogen) atoms. The van der Waals surface area contributed by atoms with Crippen molar-refractivity contribution < 1.29 is 14.6 Å². The highest BCUT2D eigenvalue weighted by molar-refractivity contribution is 6.03. The number of aliphatic hydroxyl groups is 1. The lowest BCUT2D eigenvalue weighted by Gasteiger charge is -2.20. The van der Waals surface area contributed by atoms with Crippen LogP contribution in [0.15, 0.2) is 23.0 Å². The number of hydrogen-bond acceptors (Lipinski definition) is 3. The molecule has 1 aliphatic rings. The SMILES string of the molecule is CCC(C)CC(C)CC(C)C=C(C)C1=C(C)C(=O)C(C)(O)O1. The average Bonchev–Trinajstić information content (AvgIpc) is 2.61. The molecule has 3 heteroatoms. The molecule has 1 N–H and O–H groups in total. The first-order valence-electron chi connectivity index (χ1n) is 8.44. The van der Waals surface area contributed by atoms with E-state index in [2.05, 4.69) is 33.8 Å². The van der Waals surface area contributed by atoms with Crippen molar-refractivity contribution in [1.29, 1.82) is 0 Å². The van der Waals surface area contributed by atoms with Gasteiger partial charge in [0.15, 0.2) is 0 Å². The Morgan fingerprint density at radius 2 is 1.86 bits per heavy atom. The summed E-state index contributed by atoms with van der Waals surface area (Å²) in [5.41, 5.74) is 1.45. The lowest BCUT2D eigenvalue weighted by atomic mass is 9.88. The van der Waals surface area contributed by atoms with E-state index in [9.17, 15) is 9.90 Å². The monoisotopic (exact) mass is 308 g/mol.